The van der Waals surface area contributed by atoms with Crippen molar-refractivity contribution in [3.63, 3.8) is 0 Å². The Morgan fingerprint density at radius 1 is 0.733 bits per heavy atom. The van der Waals surface area contributed by atoms with E-state index >= 15 is 0 Å². The largest absolute Gasteiger partial charge is 1.00 e. The molecule has 0 aliphatic rings. The third-order valence-electron chi connectivity index (χ3n) is 3.03. The van der Waals surface area contributed by atoms with Gasteiger partial charge in [-0.15, -0.1) is 0 Å². The van der Waals surface area contributed by atoms with Crippen LogP contribution in [0.4, 0.5) is 0 Å². The molecule has 86 valence electrons. The van der Waals surface area contributed by atoms with Gasteiger partial charge in [0.1, 0.15) is 0 Å². The van der Waals surface area contributed by atoms with Crippen LogP contribution in [0.25, 0.3) is 5.40 Å². The molecule has 0 fully saturated rings. The van der Waals surface area contributed by atoms with E-state index in [1.54, 1.807) is 0 Å². The van der Waals surface area contributed by atoms with Crippen molar-refractivity contribution in [3.05, 3.63) is 5.40 Å². The molecule has 0 saturated carbocycles. The molecule has 1 nitrogen and oxygen atoms in total. The fourth-order valence-corrected chi connectivity index (χ4v) is 5.76. The van der Waals surface area contributed by atoms with E-state index in [0.717, 1.165) is 0 Å². The maximum Gasteiger partial charge on any atom is 1.00 e. The zero-order valence-electron chi connectivity index (χ0n) is 11.4. The molecule has 0 unspecified atom stereocenters. The molecule has 15 heavy (non-hydrogen) atoms. The molecule has 0 bridgehead atoms. The number of rotatable bonds is 9. The van der Waals surface area contributed by atoms with Crippen LogP contribution in [0.5, 0.6) is 0 Å². The molecule has 0 aliphatic heterocycles. The van der Waals surface area contributed by atoms with Crippen LogP contribution in [0, 0.1) is 0 Å². The van der Waals surface area contributed by atoms with Crippen LogP contribution >= 0.6 is 0 Å². The standard InChI is InChI=1S/C12H28NSi.Li/c1-4-7-10-14(13,11-8-5-2)12-9-6-3;/h13H,4-12H2,1-3H3;/q-1;+1. The van der Waals surface area contributed by atoms with Gasteiger partial charge in [0, 0.05) is 0 Å². The first-order valence-corrected chi connectivity index (χ1v) is 9.05. The van der Waals surface area contributed by atoms with E-state index in [0.29, 0.717) is 0 Å². The Morgan fingerprint density at radius 2 is 1.00 bits per heavy atom. The summed E-state index contributed by atoms with van der Waals surface area (Å²) in [6.07, 6.45) is 7.69. The van der Waals surface area contributed by atoms with Gasteiger partial charge in [0.05, 0.1) is 0 Å². The fraction of sp³-hybridized carbons (Fsp3) is 1.00. The summed E-state index contributed by atoms with van der Waals surface area (Å²) in [6, 6.07) is 3.76. The molecule has 3 heteroatoms. The van der Waals surface area contributed by atoms with Crippen LogP contribution in [0.15, 0.2) is 0 Å². The monoisotopic (exact) mass is 221 g/mol. The smallest absolute Gasteiger partial charge is 0.679 e. The average molecular weight is 221 g/mol. The van der Waals surface area contributed by atoms with Gasteiger partial charge in [-0.05, 0) is 0 Å². The van der Waals surface area contributed by atoms with Crippen LogP contribution in [-0.2, 0) is 0 Å². The zero-order chi connectivity index (χ0) is 10.9. The van der Waals surface area contributed by atoms with Gasteiger partial charge in [-0.1, -0.05) is 85.7 Å². The summed E-state index contributed by atoms with van der Waals surface area (Å²) >= 11 is 0. The molecule has 0 radical (unpaired) electrons. The van der Waals surface area contributed by atoms with Gasteiger partial charge in [0.25, 0.3) is 0 Å². The van der Waals surface area contributed by atoms with Crippen molar-refractivity contribution in [2.75, 3.05) is 0 Å². The SMILES string of the molecule is CCCC[Si]([NH-])(CCCC)CCCC.[Li+]. The molecule has 0 rings (SSSR count). The summed E-state index contributed by atoms with van der Waals surface area (Å²) < 4.78 is 0. The molecule has 0 atom stereocenters. The summed E-state index contributed by atoms with van der Waals surface area (Å²) in [5.41, 5.74) is 0. The molecule has 0 saturated heterocycles. The maximum absolute atomic E-state index is 8.57. The molecule has 0 aromatic carbocycles. The predicted molar refractivity (Wildman–Crippen MR) is 69.2 cm³/mol. The minimum atomic E-state index is -1.56. The van der Waals surface area contributed by atoms with Gasteiger partial charge < -0.3 is 5.40 Å². The molecule has 0 aromatic heterocycles. The van der Waals surface area contributed by atoms with E-state index in [-0.39, 0.29) is 18.9 Å². The topological polar surface area (TPSA) is 23.8 Å². The van der Waals surface area contributed by atoms with Gasteiger partial charge in [-0.25, -0.2) is 0 Å². The second-order valence-corrected chi connectivity index (χ2v) is 8.65. The first-order valence-electron chi connectivity index (χ1n) is 6.43. The number of nitrogens with one attached hydrogen (secondary N) is 1. The number of hydrogen-bond acceptors (Lipinski definition) is 0. The second-order valence-electron chi connectivity index (χ2n) is 4.59. The van der Waals surface area contributed by atoms with Crippen LogP contribution < -0.4 is 18.9 Å². The third-order valence-corrected chi connectivity index (χ3v) is 6.96. The minimum absolute atomic E-state index is 0. The summed E-state index contributed by atoms with van der Waals surface area (Å²) in [6.45, 7) is 6.73. The molecule has 0 amide bonds. The van der Waals surface area contributed by atoms with E-state index in [2.05, 4.69) is 20.8 Å². The quantitative estimate of drug-likeness (QED) is 0.534. The zero-order valence-corrected chi connectivity index (χ0v) is 12.4. The Kier molecular flexibility index (Phi) is 13.6. The van der Waals surface area contributed by atoms with Gasteiger partial charge in [0.15, 0.2) is 0 Å². The van der Waals surface area contributed by atoms with E-state index in [4.69, 9.17) is 5.40 Å². The van der Waals surface area contributed by atoms with Crippen molar-refractivity contribution in [2.45, 2.75) is 77.4 Å². The van der Waals surface area contributed by atoms with E-state index in [1.165, 1.54) is 56.7 Å². The molecule has 0 aromatic rings. The van der Waals surface area contributed by atoms with Gasteiger partial charge in [-0.2, -0.15) is 0 Å². The van der Waals surface area contributed by atoms with Crippen LogP contribution in [-0.4, -0.2) is 8.24 Å². The summed E-state index contributed by atoms with van der Waals surface area (Å²) in [5, 5.41) is 8.57. The normalized spacial score (nSPS) is 11.2. The molecular weight excluding hydrogens is 193 g/mol. The van der Waals surface area contributed by atoms with Crippen LogP contribution in [0.1, 0.15) is 59.3 Å². The molecule has 0 spiro atoms. The first-order chi connectivity index (χ1) is 6.68. The van der Waals surface area contributed by atoms with Gasteiger partial charge in [0.2, 0.25) is 0 Å². The third kappa shape index (κ3) is 9.69. The average Bonchev–Trinajstić information content (AvgIpc) is 2.21. The van der Waals surface area contributed by atoms with E-state index in [1.807, 2.05) is 0 Å². The van der Waals surface area contributed by atoms with Crippen molar-refractivity contribution in [1.82, 2.24) is 0 Å². The van der Waals surface area contributed by atoms with Gasteiger partial charge >= 0.3 is 18.9 Å². The Labute approximate surface area is 110 Å². The Balaban J connectivity index is 0. The molecule has 0 heterocycles. The maximum atomic E-state index is 8.57. The number of hydrogen-bond donors (Lipinski definition) is 0. The van der Waals surface area contributed by atoms with E-state index < -0.39 is 8.24 Å². The van der Waals surface area contributed by atoms with Crippen molar-refractivity contribution in [3.8, 4) is 0 Å². The van der Waals surface area contributed by atoms with Crippen molar-refractivity contribution < 1.29 is 18.9 Å². The Bertz CT molecular complexity index is 109. The molecule has 0 aliphatic carbocycles. The molecule has 1 N–H and O–H groups in total. The van der Waals surface area contributed by atoms with Crippen LogP contribution in [0.3, 0.4) is 0 Å². The number of unbranched alkanes of at least 4 members (excludes halogenated alkanes) is 3. The summed E-state index contributed by atoms with van der Waals surface area (Å²) in [5.74, 6) is 0. The Morgan fingerprint density at radius 3 is 1.20 bits per heavy atom. The minimum Gasteiger partial charge on any atom is -0.679 e. The Hall–Kier alpha value is 0.774. The second kappa shape index (κ2) is 11.3. The first kappa shape index (κ1) is 18.1. The van der Waals surface area contributed by atoms with Crippen molar-refractivity contribution >= 4 is 8.24 Å². The van der Waals surface area contributed by atoms with Crippen LogP contribution in [0.2, 0.25) is 18.1 Å². The van der Waals surface area contributed by atoms with Gasteiger partial charge in [-0.3, -0.25) is 0 Å². The van der Waals surface area contributed by atoms with Crippen molar-refractivity contribution in [1.29, 1.82) is 0 Å². The fourth-order valence-electron chi connectivity index (χ4n) is 1.92. The summed E-state index contributed by atoms with van der Waals surface area (Å²) in [4.78, 5) is 0. The van der Waals surface area contributed by atoms with E-state index in [9.17, 15) is 0 Å². The molecular formula is C12H28LiNSi. The summed E-state index contributed by atoms with van der Waals surface area (Å²) in [7, 11) is -1.56. The van der Waals surface area contributed by atoms with Crippen molar-refractivity contribution in [2.24, 2.45) is 0 Å². The predicted octanol–water partition coefficient (Wildman–Crippen LogP) is 2.39.